The molecular weight excluding hydrogens is 258 g/mol. The van der Waals surface area contributed by atoms with E-state index >= 15 is 0 Å². The molecule has 7 heteroatoms. The van der Waals surface area contributed by atoms with Gasteiger partial charge in [0.1, 0.15) is 12.2 Å². The van der Waals surface area contributed by atoms with Crippen molar-refractivity contribution < 1.29 is 9.90 Å². The Morgan fingerprint density at radius 1 is 1.60 bits per heavy atom. The van der Waals surface area contributed by atoms with Crippen LogP contribution in [0.15, 0.2) is 6.33 Å². The van der Waals surface area contributed by atoms with Gasteiger partial charge in [-0.1, -0.05) is 0 Å². The van der Waals surface area contributed by atoms with E-state index in [9.17, 15) is 4.79 Å². The molecule has 1 saturated heterocycles. The topological polar surface area (TPSA) is 83.3 Å². The van der Waals surface area contributed by atoms with Crippen LogP contribution in [0.25, 0.3) is 0 Å². The van der Waals surface area contributed by atoms with Gasteiger partial charge in [-0.15, -0.1) is 0 Å². The Bertz CT molecular complexity index is 434. The minimum absolute atomic E-state index is 0.0423. The lowest BCUT2D eigenvalue weighted by atomic mass is 9.98. The normalized spacial score (nSPS) is 20.1. The van der Waals surface area contributed by atoms with Gasteiger partial charge in [-0.3, -0.25) is 9.69 Å². The minimum Gasteiger partial charge on any atom is -0.480 e. The van der Waals surface area contributed by atoms with Crippen LogP contribution in [-0.2, 0) is 17.9 Å². The Kier molecular flexibility index (Phi) is 5.49. The number of nitrogens with zero attached hydrogens (tertiary/aromatic N) is 4. The quantitative estimate of drug-likeness (QED) is 0.742. The second kappa shape index (κ2) is 7.35. The number of rotatable bonds is 7. The Hall–Kier alpha value is -1.47. The molecule has 0 aromatic carbocycles. The van der Waals surface area contributed by atoms with Crippen LogP contribution in [0, 0.1) is 5.92 Å². The molecule has 0 radical (unpaired) electrons. The number of carboxylic acids is 1. The first-order chi connectivity index (χ1) is 9.69. The van der Waals surface area contributed by atoms with Crippen molar-refractivity contribution in [1.82, 2.24) is 25.0 Å². The lowest BCUT2D eigenvalue weighted by Gasteiger charge is -2.32. The van der Waals surface area contributed by atoms with Crippen LogP contribution in [0.5, 0.6) is 0 Å². The van der Waals surface area contributed by atoms with Crippen molar-refractivity contribution in [2.24, 2.45) is 5.92 Å². The zero-order valence-electron chi connectivity index (χ0n) is 12.0. The molecule has 2 rings (SSSR count). The van der Waals surface area contributed by atoms with Crippen molar-refractivity contribution >= 4 is 5.97 Å². The van der Waals surface area contributed by atoms with E-state index in [-0.39, 0.29) is 6.54 Å². The van der Waals surface area contributed by atoms with Crippen molar-refractivity contribution in [2.45, 2.75) is 32.9 Å². The molecule has 1 aromatic rings. The Labute approximate surface area is 119 Å². The summed E-state index contributed by atoms with van der Waals surface area (Å²) in [6, 6.07) is 0. The predicted molar refractivity (Wildman–Crippen MR) is 74.2 cm³/mol. The number of carboxylic acid groups (broad SMARTS) is 1. The second-order valence-electron chi connectivity index (χ2n) is 5.26. The van der Waals surface area contributed by atoms with E-state index in [1.807, 2.05) is 4.68 Å². The summed E-state index contributed by atoms with van der Waals surface area (Å²) in [7, 11) is 0. The van der Waals surface area contributed by atoms with Crippen molar-refractivity contribution in [3.05, 3.63) is 12.2 Å². The van der Waals surface area contributed by atoms with Gasteiger partial charge in [0.25, 0.3) is 0 Å². The van der Waals surface area contributed by atoms with E-state index in [0.717, 1.165) is 51.4 Å². The average molecular weight is 281 g/mol. The van der Waals surface area contributed by atoms with Crippen molar-refractivity contribution in [3.8, 4) is 0 Å². The molecule has 2 N–H and O–H groups in total. The number of likely N-dealkylation sites (tertiary alicyclic amines) is 1. The van der Waals surface area contributed by atoms with Gasteiger partial charge in [0.05, 0.1) is 13.1 Å². The van der Waals surface area contributed by atoms with Gasteiger partial charge in [-0.25, -0.2) is 9.67 Å². The summed E-state index contributed by atoms with van der Waals surface area (Å²) in [5.74, 6) is 0.724. The van der Waals surface area contributed by atoms with Crippen LogP contribution < -0.4 is 5.32 Å². The van der Waals surface area contributed by atoms with Crippen molar-refractivity contribution in [2.75, 3.05) is 26.2 Å². The van der Waals surface area contributed by atoms with Gasteiger partial charge in [0.15, 0.2) is 0 Å². The molecular formula is C13H23N5O2. The smallest absolute Gasteiger partial charge is 0.317 e. The third-order valence-corrected chi connectivity index (χ3v) is 3.67. The third kappa shape index (κ3) is 4.28. The molecule has 1 unspecified atom stereocenters. The Morgan fingerprint density at radius 3 is 3.20 bits per heavy atom. The molecule has 1 aromatic heterocycles. The summed E-state index contributed by atoms with van der Waals surface area (Å²) >= 11 is 0. The molecule has 1 aliphatic rings. The Morgan fingerprint density at radius 2 is 2.45 bits per heavy atom. The van der Waals surface area contributed by atoms with Crippen molar-refractivity contribution in [1.29, 1.82) is 0 Å². The van der Waals surface area contributed by atoms with Gasteiger partial charge in [0, 0.05) is 13.1 Å². The van der Waals surface area contributed by atoms with E-state index in [2.05, 4.69) is 27.2 Å². The molecule has 0 aliphatic carbocycles. The standard InChI is InChI=1S/C13H23N5O2/c1-2-18-12(15-10-16-18)9-17-5-3-4-11(8-17)6-14-7-13(19)20/h10-11,14H,2-9H2,1H3,(H,19,20). The highest BCUT2D eigenvalue weighted by Crippen LogP contribution is 2.17. The molecule has 0 bridgehead atoms. The molecule has 0 amide bonds. The molecule has 1 fully saturated rings. The summed E-state index contributed by atoms with van der Waals surface area (Å²) in [4.78, 5) is 17.2. The number of aryl methyl sites for hydroxylation is 1. The van der Waals surface area contributed by atoms with E-state index in [0.29, 0.717) is 5.92 Å². The van der Waals surface area contributed by atoms with Crippen LogP contribution in [0.3, 0.4) is 0 Å². The van der Waals surface area contributed by atoms with Crippen LogP contribution >= 0.6 is 0 Å². The molecule has 2 heterocycles. The molecule has 20 heavy (non-hydrogen) atoms. The molecule has 1 aliphatic heterocycles. The SMILES string of the molecule is CCn1ncnc1CN1CCCC(CNCC(=O)O)C1. The summed E-state index contributed by atoms with van der Waals surface area (Å²) in [6.45, 7) is 6.60. The highest BCUT2D eigenvalue weighted by molar-refractivity contribution is 5.68. The first kappa shape index (κ1) is 14.9. The lowest BCUT2D eigenvalue weighted by molar-refractivity contribution is -0.136. The number of hydrogen-bond acceptors (Lipinski definition) is 5. The van der Waals surface area contributed by atoms with Crippen LogP contribution in [0.4, 0.5) is 0 Å². The maximum absolute atomic E-state index is 10.5. The lowest BCUT2D eigenvalue weighted by Crippen LogP contribution is -2.40. The monoisotopic (exact) mass is 281 g/mol. The van der Waals surface area contributed by atoms with Crippen LogP contribution in [0.2, 0.25) is 0 Å². The molecule has 112 valence electrons. The summed E-state index contributed by atoms with van der Waals surface area (Å²) in [5.41, 5.74) is 0. The number of hydrogen-bond donors (Lipinski definition) is 2. The molecule has 7 nitrogen and oxygen atoms in total. The van der Waals surface area contributed by atoms with Crippen LogP contribution in [-0.4, -0.2) is 56.9 Å². The van der Waals surface area contributed by atoms with Gasteiger partial charge >= 0.3 is 5.97 Å². The maximum Gasteiger partial charge on any atom is 0.317 e. The fourth-order valence-corrected chi connectivity index (χ4v) is 2.72. The van der Waals surface area contributed by atoms with Gasteiger partial charge < -0.3 is 10.4 Å². The van der Waals surface area contributed by atoms with E-state index in [4.69, 9.17) is 5.11 Å². The number of aliphatic carboxylic acids is 1. The second-order valence-corrected chi connectivity index (χ2v) is 5.26. The predicted octanol–water partition coefficient (Wildman–Crippen LogP) is 0.184. The van der Waals surface area contributed by atoms with Gasteiger partial charge in [-0.05, 0) is 38.8 Å². The van der Waals surface area contributed by atoms with Gasteiger partial charge in [-0.2, -0.15) is 5.10 Å². The number of aromatic nitrogens is 3. The van der Waals surface area contributed by atoms with E-state index in [1.165, 1.54) is 0 Å². The minimum atomic E-state index is -0.797. The van der Waals surface area contributed by atoms with E-state index < -0.39 is 5.97 Å². The highest BCUT2D eigenvalue weighted by atomic mass is 16.4. The largest absolute Gasteiger partial charge is 0.480 e. The molecule has 1 atom stereocenters. The fourth-order valence-electron chi connectivity index (χ4n) is 2.72. The summed E-state index contributed by atoms with van der Waals surface area (Å²) < 4.78 is 1.92. The van der Waals surface area contributed by atoms with E-state index in [1.54, 1.807) is 6.33 Å². The number of piperidine rings is 1. The summed E-state index contributed by atoms with van der Waals surface area (Å²) in [5, 5.41) is 15.8. The summed E-state index contributed by atoms with van der Waals surface area (Å²) in [6.07, 6.45) is 3.91. The first-order valence-electron chi connectivity index (χ1n) is 7.20. The van der Waals surface area contributed by atoms with Crippen LogP contribution in [0.1, 0.15) is 25.6 Å². The zero-order valence-corrected chi connectivity index (χ0v) is 12.0. The first-order valence-corrected chi connectivity index (χ1v) is 7.20. The molecule has 0 saturated carbocycles. The number of nitrogens with one attached hydrogen (secondary N) is 1. The number of carbonyl (C=O) groups is 1. The average Bonchev–Trinajstić information content (AvgIpc) is 2.86. The zero-order chi connectivity index (χ0) is 14.4. The Balaban J connectivity index is 1.79. The third-order valence-electron chi connectivity index (χ3n) is 3.67. The molecule has 0 spiro atoms. The highest BCUT2D eigenvalue weighted by Gasteiger charge is 2.21. The van der Waals surface area contributed by atoms with Crippen molar-refractivity contribution in [3.63, 3.8) is 0 Å². The maximum atomic E-state index is 10.5. The van der Waals surface area contributed by atoms with Gasteiger partial charge in [0.2, 0.25) is 0 Å². The fraction of sp³-hybridized carbons (Fsp3) is 0.769.